The summed E-state index contributed by atoms with van der Waals surface area (Å²) in [6.45, 7) is -0.458. The number of hydrogen-bond donors (Lipinski definition) is 2. The number of rotatable bonds is 11. The molecule has 1 heterocycles. The molecular weight excluding hydrogens is 498 g/mol. The van der Waals surface area contributed by atoms with Gasteiger partial charge in [0.2, 0.25) is 0 Å². The molecule has 0 fully saturated rings. The number of aliphatic hydroxyl groups is 1. The Morgan fingerprint density at radius 1 is 1.11 bits per heavy atom. The molecule has 0 aromatic heterocycles. The van der Waals surface area contributed by atoms with Crippen molar-refractivity contribution >= 4 is 5.57 Å². The van der Waals surface area contributed by atoms with Gasteiger partial charge in [-0.3, -0.25) is 9.29 Å². The van der Waals surface area contributed by atoms with Crippen LogP contribution in [0, 0.1) is 17.5 Å². The number of aliphatic hydroxyl groups excluding tert-OH is 1. The zero-order chi connectivity index (χ0) is 26.7. The van der Waals surface area contributed by atoms with Crippen molar-refractivity contribution in [3.63, 3.8) is 0 Å². The van der Waals surface area contributed by atoms with Crippen LogP contribution in [-0.4, -0.2) is 61.5 Å². The van der Waals surface area contributed by atoms with Gasteiger partial charge in [-0.1, -0.05) is 12.1 Å². The third-order valence-corrected chi connectivity index (χ3v) is 6.93. The summed E-state index contributed by atoms with van der Waals surface area (Å²) in [6.07, 6.45) is 0.693. The largest absolute Gasteiger partial charge is 0.489 e. The van der Waals surface area contributed by atoms with E-state index in [2.05, 4.69) is 5.32 Å². The summed E-state index contributed by atoms with van der Waals surface area (Å²) in [5.41, 5.74) is 1.55. The lowest BCUT2D eigenvalue weighted by Crippen LogP contribution is -2.48. The molecule has 0 radical (unpaired) electrons. The molecule has 4 nitrogen and oxygen atoms in total. The molecule has 4 rings (SSSR count). The lowest BCUT2D eigenvalue weighted by molar-refractivity contribution is -0.0862. The van der Waals surface area contributed by atoms with Crippen LogP contribution in [0.15, 0.2) is 35.9 Å². The van der Waals surface area contributed by atoms with Gasteiger partial charge in [0.25, 0.3) is 5.92 Å². The number of fused-ring (bicyclic) bond motifs is 2. The van der Waals surface area contributed by atoms with Gasteiger partial charge in [0.05, 0.1) is 19.3 Å². The number of hydrogen-bond acceptors (Lipinski definition) is 4. The molecule has 0 saturated heterocycles. The van der Waals surface area contributed by atoms with Gasteiger partial charge in [0.15, 0.2) is 11.6 Å². The average Bonchev–Trinajstić information content (AvgIpc) is 3.23. The van der Waals surface area contributed by atoms with Gasteiger partial charge in [-0.25, -0.2) is 22.0 Å². The first-order valence-electron chi connectivity index (χ1n) is 12.3. The van der Waals surface area contributed by atoms with Crippen LogP contribution < -0.4 is 10.1 Å². The lowest BCUT2D eigenvalue weighted by atomic mass is 9.84. The topological polar surface area (TPSA) is 44.7 Å². The quantitative estimate of drug-likeness (QED) is 0.311. The highest BCUT2D eigenvalue weighted by Crippen LogP contribution is 2.51. The highest BCUT2D eigenvalue weighted by Gasteiger charge is 2.45. The molecule has 10 heteroatoms. The van der Waals surface area contributed by atoms with Crippen LogP contribution in [0.25, 0.3) is 5.57 Å². The van der Waals surface area contributed by atoms with Crippen molar-refractivity contribution in [1.82, 2.24) is 10.2 Å². The van der Waals surface area contributed by atoms with E-state index < -0.39 is 60.8 Å². The maximum atomic E-state index is 15.8. The van der Waals surface area contributed by atoms with Crippen molar-refractivity contribution in [3.8, 4) is 5.75 Å². The van der Waals surface area contributed by atoms with E-state index in [1.165, 1.54) is 11.0 Å². The molecule has 2 aromatic rings. The number of ether oxygens (including phenoxy) is 1. The highest BCUT2D eigenvalue weighted by atomic mass is 19.3. The molecule has 0 bridgehead atoms. The van der Waals surface area contributed by atoms with Gasteiger partial charge >= 0.3 is 0 Å². The molecule has 2 N–H and O–H groups in total. The van der Waals surface area contributed by atoms with Crippen molar-refractivity contribution < 1.29 is 36.2 Å². The summed E-state index contributed by atoms with van der Waals surface area (Å²) in [5.74, 6) is -6.21. The Morgan fingerprint density at radius 3 is 2.62 bits per heavy atom. The Hall–Kier alpha value is -2.56. The number of benzene rings is 2. The van der Waals surface area contributed by atoms with E-state index in [1.807, 2.05) is 0 Å². The zero-order valence-corrected chi connectivity index (χ0v) is 20.5. The first kappa shape index (κ1) is 27.5. The van der Waals surface area contributed by atoms with Crippen molar-refractivity contribution in [1.29, 1.82) is 0 Å². The second kappa shape index (κ2) is 11.4. The monoisotopic (exact) mass is 528 g/mol. The maximum Gasteiger partial charge on any atom is 0.283 e. The summed E-state index contributed by atoms with van der Waals surface area (Å²) >= 11 is 0. The molecule has 2 aromatic carbocycles. The third kappa shape index (κ3) is 5.66. The van der Waals surface area contributed by atoms with Crippen LogP contribution >= 0.6 is 0 Å². The van der Waals surface area contributed by atoms with Crippen molar-refractivity contribution in [2.45, 2.75) is 44.2 Å². The van der Waals surface area contributed by atoms with Crippen LogP contribution in [-0.2, 0) is 6.42 Å². The van der Waals surface area contributed by atoms with Crippen molar-refractivity contribution in [2.24, 2.45) is 0 Å². The zero-order valence-electron chi connectivity index (χ0n) is 20.5. The minimum atomic E-state index is -3.52. The van der Waals surface area contributed by atoms with Crippen LogP contribution in [0.3, 0.4) is 0 Å². The van der Waals surface area contributed by atoms with Gasteiger partial charge in [-0.05, 0) is 67.6 Å². The molecule has 0 unspecified atom stereocenters. The van der Waals surface area contributed by atoms with Gasteiger partial charge in [-0.2, -0.15) is 0 Å². The van der Waals surface area contributed by atoms with Gasteiger partial charge in [0.1, 0.15) is 24.8 Å². The summed E-state index contributed by atoms with van der Waals surface area (Å²) in [4.78, 5) is 1.28. The Bertz CT molecular complexity index is 1160. The Morgan fingerprint density at radius 2 is 1.89 bits per heavy atom. The van der Waals surface area contributed by atoms with Crippen LogP contribution in [0.2, 0.25) is 0 Å². The molecule has 0 spiro atoms. The van der Waals surface area contributed by atoms with E-state index in [9.17, 15) is 22.7 Å². The first-order valence-corrected chi connectivity index (χ1v) is 12.3. The molecule has 2 atom stereocenters. The molecular formula is C27H30F6N2O2. The highest BCUT2D eigenvalue weighted by molar-refractivity contribution is 5.79. The van der Waals surface area contributed by atoms with Crippen LogP contribution in [0.1, 0.15) is 42.5 Å². The second-order valence-electron chi connectivity index (χ2n) is 9.51. The molecule has 37 heavy (non-hydrogen) atoms. The van der Waals surface area contributed by atoms with E-state index in [0.717, 1.165) is 12.1 Å². The van der Waals surface area contributed by atoms with Gasteiger partial charge in [0, 0.05) is 23.7 Å². The Balaban J connectivity index is 1.74. The number of nitrogens with zero attached hydrogens (tertiary/aromatic N) is 1. The number of halogens is 6. The fourth-order valence-corrected chi connectivity index (χ4v) is 5.25. The predicted octanol–water partition coefficient (Wildman–Crippen LogP) is 5.20. The van der Waals surface area contributed by atoms with E-state index in [0.29, 0.717) is 41.8 Å². The van der Waals surface area contributed by atoms with Crippen molar-refractivity contribution in [3.05, 3.63) is 70.0 Å². The first-order chi connectivity index (χ1) is 17.7. The van der Waals surface area contributed by atoms with Gasteiger partial charge < -0.3 is 15.2 Å². The lowest BCUT2D eigenvalue weighted by Gasteiger charge is -2.43. The molecule has 1 aliphatic heterocycles. The van der Waals surface area contributed by atoms with E-state index in [-0.39, 0.29) is 25.2 Å². The average molecular weight is 529 g/mol. The normalized spacial score (nSPS) is 19.8. The van der Waals surface area contributed by atoms with Gasteiger partial charge in [-0.15, -0.1) is 0 Å². The minimum Gasteiger partial charge on any atom is -0.489 e. The molecule has 1 aliphatic carbocycles. The fourth-order valence-electron chi connectivity index (χ4n) is 5.25. The maximum absolute atomic E-state index is 15.8. The minimum absolute atomic E-state index is 0.0201. The van der Waals surface area contributed by atoms with Crippen molar-refractivity contribution in [2.75, 3.05) is 39.5 Å². The van der Waals surface area contributed by atoms with E-state index >= 15 is 8.78 Å². The molecule has 2 aliphatic rings. The Labute approximate surface area is 211 Å². The Kier molecular flexibility index (Phi) is 8.50. The number of nitrogens with one attached hydrogen (secondary N) is 1. The molecule has 202 valence electrons. The summed E-state index contributed by atoms with van der Waals surface area (Å²) in [5, 5.41) is 12.2. The summed E-state index contributed by atoms with van der Waals surface area (Å²) in [6, 6.07) is 4.83. The predicted molar refractivity (Wildman–Crippen MR) is 128 cm³/mol. The standard InChI is InChI=1S/C27H30F6N2O2/c1-16-12-18-19(13-17-4-2-5-20(29)23(17)18)26(35(16)14-27(32,33)15-36)24-21(30)6-7-22(25(24)31)37-11-10-34-9-3-8-28/h2,4-7,16,26,34,36H,3,8-15H2,1H3/t16-,26+/m1/s1. The smallest absolute Gasteiger partial charge is 0.283 e. The van der Waals surface area contributed by atoms with E-state index in [1.54, 1.807) is 19.1 Å². The summed E-state index contributed by atoms with van der Waals surface area (Å²) in [7, 11) is 0. The molecule has 0 saturated carbocycles. The van der Waals surface area contributed by atoms with Crippen LogP contribution in [0.5, 0.6) is 5.75 Å². The molecule has 0 amide bonds. The summed E-state index contributed by atoms with van der Waals surface area (Å²) < 4.78 is 92.6. The van der Waals surface area contributed by atoms with E-state index in [4.69, 9.17) is 4.74 Å². The third-order valence-electron chi connectivity index (χ3n) is 6.93. The second-order valence-corrected chi connectivity index (χ2v) is 9.51. The number of alkyl halides is 3. The fraction of sp³-hybridized carbons (Fsp3) is 0.481. The van der Waals surface area contributed by atoms with Crippen LogP contribution in [0.4, 0.5) is 26.3 Å². The SMILES string of the molecule is C[C@@H]1CC2=C(Cc3cccc(F)c32)[C@@H](c2c(F)ccc(OCCNCCCF)c2F)N1CC(F)(F)CO.